The second kappa shape index (κ2) is 5.65. The molecule has 1 aliphatic rings. The van der Waals surface area contributed by atoms with Crippen LogP contribution < -0.4 is 0 Å². The lowest BCUT2D eigenvalue weighted by Gasteiger charge is -2.31. The van der Waals surface area contributed by atoms with Gasteiger partial charge in [-0.25, -0.2) is 0 Å². The fraction of sp³-hybridized carbons (Fsp3) is 0.500. The molecule has 0 aliphatic carbocycles. The summed E-state index contributed by atoms with van der Waals surface area (Å²) in [6.07, 6.45) is 1.65. The molecule has 0 aromatic heterocycles. The van der Waals surface area contributed by atoms with Gasteiger partial charge in [0.1, 0.15) is 5.78 Å². The molecular weight excluding hydrogens is 234 g/mol. The summed E-state index contributed by atoms with van der Waals surface area (Å²) in [5.41, 5.74) is 1.26. The Morgan fingerprint density at radius 1 is 1.35 bits per heavy atom. The van der Waals surface area contributed by atoms with Crippen LogP contribution in [-0.2, 0) is 11.3 Å². The van der Waals surface area contributed by atoms with Crippen molar-refractivity contribution >= 4 is 17.4 Å². The Morgan fingerprint density at radius 2 is 2.06 bits per heavy atom. The van der Waals surface area contributed by atoms with E-state index in [1.165, 1.54) is 5.56 Å². The number of hydrogen-bond acceptors (Lipinski definition) is 2. The molecule has 1 aliphatic heterocycles. The summed E-state index contributed by atoms with van der Waals surface area (Å²) in [5, 5.41) is 0.772. The molecule has 0 bridgehead atoms. The van der Waals surface area contributed by atoms with Gasteiger partial charge in [-0.2, -0.15) is 0 Å². The molecule has 1 heterocycles. The van der Waals surface area contributed by atoms with Gasteiger partial charge < -0.3 is 0 Å². The van der Waals surface area contributed by atoms with E-state index in [1.807, 2.05) is 12.1 Å². The summed E-state index contributed by atoms with van der Waals surface area (Å²) in [4.78, 5) is 14.0. The number of halogens is 1. The van der Waals surface area contributed by atoms with Crippen LogP contribution in [0.1, 0.15) is 25.3 Å². The summed E-state index contributed by atoms with van der Waals surface area (Å²) in [7, 11) is 0. The normalized spacial score (nSPS) is 21.8. The molecule has 1 aromatic rings. The van der Waals surface area contributed by atoms with Crippen LogP contribution in [-0.4, -0.2) is 23.8 Å². The molecule has 2 nitrogen and oxygen atoms in total. The Kier molecular flexibility index (Phi) is 4.19. The van der Waals surface area contributed by atoms with Gasteiger partial charge in [-0.1, -0.05) is 30.7 Å². The number of piperidine rings is 1. The monoisotopic (exact) mass is 251 g/mol. The quantitative estimate of drug-likeness (QED) is 0.823. The van der Waals surface area contributed by atoms with Gasteiger partial charge in [0.15, 0.2) is 0 Å². The number of benzene rings is 1. The lowest BCUT2D eigenvalue weighted by Crippen LogP contribution is -2.40. The Labute approximate surface area is 108 Å². The topological polar surface area (TPSA) is 20.3 Å². The van der Waals surface area contributed by atoms with Gasteiger partial charge in [0, 0.05) is 37.0 Å². The SMILES string of the molecule is CCC1CN(Cc2ccc(Cl)cc2)CCC1=O. The van der Waals surface area contributed by atoms with E-state index in [1.54, 1.807) is 0 Å². The lowest BCUT2D eigenvalue weighted by atomic mass is 9.94. The average molecular weight is 252 g/mol. The predicted octanol–water partition coefficient (Wildman–Crippen LogP) is 3.14. The Hall–Kier alpha value is -0.860. The van der Waals surface area contributed by atoms with Gasteiger partial charge >= 0.3 is 0 Å². The summed E-state index contributed by atoms with van der Waals surface area (Å²) < 4.78 is 0. The van der Waals surface area contributed by atoms with Crippen LogP contribution in [0.15, 0.2) is 24.3 Å². The predicted molar refractivity (Wildman–Crippen MR) is 70.1 cm³/mol. The van der Waals surface area contributed by atoms with Gasteiger partial charge in [-0.3, -0.25) is 9.69 Å². The van der Waals surface area contributed by atoms with Crippen molar-refractivity contribution in [2.75, 3.05) is 13.1 Å². The fourth-order valence-electron chi connectivity index (χ4n) is 2.33. The zero-order chi connectivity index (χ0) is 12.3. The highest BCUT2D eigenvalue weighted by Gasteiger charge is 2.25. The van der Waals surface area contributed by atoms with E-state index < -0.39 is 0 Å². The van der Waals surface area contributed by atoms with Gasteiger partial charge in [-0.05, 0) is 24.1 Å². The first-order chi connectivity index (χ1) is 8.19. The highest BCUT2D eigenvalue weighted by atomic mass is 35.5. The largest absolute Gasteiger partial charge is 0.299 e. The van der Waals surface area contributed by atoms with Gasteiger partial charge in [0.05, 0.1) is 0 Å². The molecular formula is C14H18ClNO. The van der Waals surface area contributed by atoms with Crippen molar-refractivity contribution in [1.29, 1.82) is 0 Å². The zero-order valence-corrected chi connectivity index (χ0v) is 10.9. The standard InChI is InChI=1S/C14H18ClNO/c1-2-12-10-16(8-7-14(12)17)9-11-3-5-13(15)6-4-11/h3-6,12H,2,7-10H2,1H3. The number of nitrogens with zero attached hydrogens (tertiary/aromatic N) is 1. The van der Waals surface area contributed by atoms with Crippen LogP contribution in [0.5, 0.6) is 0 Å². The number of rotatable bonds is 3. The summed E-state index contributed by atoms with van der Waals surface area (Å²) in [6.45, 7) is 4.80. The molecule has 1 aromatic carbocycles. The van der Waals surface area contributed by atoms with E-state index in [0.717, 1.165) is 31.1 Å². The number of carbonyl (C=O) groups is 1. The number of carbonyl (C=O) groups excluding carboxylic acids is 1. The average Bonchev–Trinajstić information content (AvgIpc) is 2.34. The maximum Gasteiger partial charge on any atom is 0.138 e. The molecule has 0 radical (unpaired) electrons. The van der Waals surface area contributed by atoms with Crippen LogP contribution in [0, 0.1) is 5.92 Å². The van der Waals surface area contributed by atoms with E-state index >= 15 is 0 Å². The van der Waals surface area contributed by atoms with Gasteiger partial charge in [0.2, 0.25) is 0 Å². The Balaban J connectivity index is 1.95. The molecule has 1 fully saturated rings. The van der Waals surface area contributed by atoms with Crippen molar-refractivity contribution in [2.24, 2.45) is 5.92 Å². The van der Waals surface area contributed by atoms with E-state index in [2.05, 4.69) is 24.0 Å². The third-order valence-corrected chi connectivity index (χ3v) is 3.67. The molecule has 0 N–H and O–H groups in total. The van der Waals surface area contributed by atoms with E-state index in [-0.39, 0.29) is 5.92 Å². The molecule has 0 saturated carbocycles. The molecule has 0 amide bonds. The second-order valence-corrected chi connectivity index (χ2v) is 5.12. The Bertz CT molecular complexity index is 388. The highest BCUT2D eigenvalue weighted by molar-refractivity contribution is 6.30. The molecule has 1 atom stereocenters. The molecule has 1 saturated heterocycles. The first-order valence-corrected chi connectivity index (χ1v) is 6.56. The van der Waals surface area contributed by atoms with E-state index in [4.69, 9.17) is 11.6 Å². The maximum atomic E-state index is 11.6. The van der Waals surface area contributed by atoms with Crippen molar-refractivity contribution in [3.8, 4) is 0 Å². The summed E-state index contributed by atoms with van der Waals surface area (Å²) in [6, 6.07) is 7.95. The maximum absolute atomic E-state index is 11.6. The minimum Gasteiger partial charge on any atom is -0.299 e. The number of ketones is 1. The van der Waals surface area contributed by atoms with Crippen molar-refractivity contribution < 1.29 is 4.79 Å². The highest BCUT2D eigenvalue weighted by Crippen LogP contribution is 2.19. The van der Waals surface area contributed by atoms with Gasteiger partial charge in [0.25, 0.3) is 0 Å². The van der Waals surface area contributed by atoms with Crippen molar-refractivity contribution in [3.05, 3.63) is 34.9 Å². The molecule has 92 valence electrons. The van der Waals surface area contributed by atoms with E-state index in [9.17, 15) is 4.79 Å². The minimum atomic E-state index is 0.232. The van der Waals surface area contributed by atoms with Crippen LogP contribution in [0.2, 0.25) is 5.02 Å². The van der Waals surface area contributed by atoms with Gasteiger partial charge in [-0.15, -0.1) is 0 Å². The molecule has 0 spiro atoms. The first-order valence-electron chi connectivity index (χ1n) is 6.18. The lowest BCUT2D eigenvalue weighted by molar-refractivity contribution is -0.126. The number of likely N-dealkylation sites (tertiary alicyclic amines) is 1. The zero-order valence-electron chi connectivity index (χ0n) is 10.2. The fourth-order valence-corrected chi connectivity index (χ4v) is 2.45. The van der Waals surface area contributed by atoms with Crippen LogP contribution in [0.25, 0.3) is 0 Å². The van der Waals surface area contributed by atoms with Crippen LogP contribution >= 0.6 is 11.6 Å². The van der Waals surface area contributed by atoms with Crippen molar-refractivity contribution in [1.82, 2.24) is 4.90 Å². The minimum absolute atomic E-state index is 0.232. The number of hydrogen-bond donors (Lipinski definition) is 0. The summed E-state index contributed by atoms with van der Waals surface area (Å²) >= 11 is 5.86. The van der Waals surface area contributed by atoms with Crippen molar-refractivity contribution in [3.63, 3.8) is 0 Å². The van der Waals surface area contributed by atoms with E-state index in [0.29, 0.717) is 12.2 Å². The Morgan fingerprint density at radius 3 is 2.71 bits per heavy atom. The molecule has 1 unspecified atom stereocenters. The summed E-state index contributed by atoms with van der Waals surface area (Å²) in [5.74, 6) is 0.663. The van der Waals surface area contributed by atoms with Crippen LogP contribution in [0.4, 0.5) is 0 Å². The van der Waals surface area contributed by atoms with Crippen LogP contribution in [0.3, 0.4) is 0 Å². The third kappa shape index (κ3) is 3.30. The molecule has 3 heteroatoms. The number of Topliss-reactive ketones (excluding diaryl/α,β-unsaturated/α-hetero) is 1. The third-order valence-electron chi connectivity index (χ3n) is 3.42. The first kappa shape index (κ1) is 12.6. The van der Waals surface area contributed by atoms with Crippen molar-refractivity contribution in [2.45, 2.75) is 26.3 Å². The molecule has 2 rings (SSSR count). The second-order valence-electron chi connectivity index (χ2n) is 4.68. The molecule has 17 heavy (non-hydrogen) atoms. The smallest absolute Gasteiger partial charge is 0.138 e.